The fourth-order valence-electron chi connectivity index (χ4n) is 2.39. The minimum absolute atomic E-state index is 0.327. The van der Waals surface area contributed by atoms with Gasteiger partial charge in [-0.3, -0.25) is 4.99 Å². The van der Waals surface area contributed by atoms with Gasteiger partial charge in [0.2, 0.25) is 0 Å². The van der Waals surface area contributed by atoms with Crippen LogP contribution in [0.2, 0.25) is 15.1 Å². The fourth-order valence-corrected chi connectivity index (χ4v) is 2.97. The molecule has 3 aromatic carbocycles. The molecule has 0 unspecified atom stereocenters. The van der Waals surface area contributed by atoms with E-state index in [9.17, 15) is 4.79 Å². The number of benzene rings is 3. The first-order valence-electron chi connectivity index (χ1n) is 8.00. The van der Waals surface area contributed by atoms with Gasteiger partial charge in [-0.15, -0.1) is 0 Å². The van der Waals surface area contributed by atoms with Crippen LogP contribution in [0.5, 0.6) is 5.75 Å². The Morgan fingerprint density at radius 2 is 1.78 bits per heavy atom. The number of rotatable bonds is 4. The molecular formula is C21H14Cl3NO2. The van der Waals surface area contributed by atoms with E-state index in [0.717, 1.165) is 5.56 Å². The second-order valence-electron chi connectivity index (χ2n) is 5.81. The molecule has 0 N–H and O–H groups in total. The molecule has 0 aliphatic rings. The van der Waals surface area contributed by atoms with Gasteiger partial charge in [0.25, 0.3) is 0 Å². The molecule has 0 atom stereocenters. The molecule has 3 aromatic rings. The van der Waals surface area contributed by atoms with E-state index < -0.39 is 5.97 Å². The number of carbonyl (C=O) groups is 1. The lowest BCUT2D eigenvalue weighted by Gasteiger charge is -2.07. The van der Waals surface area contributed by atoms with Crippen molar-refractivity contribution in [2.45, 2.75) is 6.92 Å². The summed E-state index contributed by atoms with van der Waals surface area (Å²) in [6, 6.07) is 17.3. The molecular weight excluding hydrogens is 405 g/mol. The van der Waals surface area contributed by atoms with Gasteiger partial charge in [-0.05, 0) is 55.0 Å². The van der Waals surface area contributed by atoms with Crippen LogP contribution >= 0.6 is 34.8 Å². The Labute approximate surface area is 172 Å². The highest BCUT2D eigenvalue weighted by Crippen LogP contribution is 2.31. The molecule has 6 heteroatoms. The maximum atomic E-state index is 12.3. The lowest BCUT2D eigenvalue weighted by atomic mass is 10.1. The highest BCUT2D eigenvalue weighted by molar-refractivity contribution is 6.43. The number of aryl methyl sites for hydroxylation is 1. The molecule has 0 amide bonds. The molecule has 0 saturated heterocycles. The number of nitrogens with zero attached hydrogens (tertiary/aromatic N) is 1. The van der Waals surface area contributed by atoms with Gasteiger partial charge in [0.1, 0.15) is 5.75 Å². The Bertz CT molecular complexity index is 1030. The number of halogens is 3. The Morgan fingerprint density at radius 3 is 2.56 bits per heavy atom. The Morgan fingerprint density at radius 1 is 1.00 bits per heavy atom. The van der Waals surface area contributed by atoms with Gasteiger partial charge in [-0.2, -0.15) is 0 Å². The summed E-state index contributed by atoms with van der Waals surface area (Å²) in [5, 5.41) is 1.21. The standard InChI is InChI=1S/C21H14Cl3NO2/c1-13-4-2-5-15(8-13)21(26)27-17-10-14(9-16(22)11-17)12-25-19-7-3-6-18(23)20(19)24/h2-12H,1H3. The summed E-state index contributed by atoms with van der Waals surface area (Å²) in [6.07, 6.45) is 1.58. The zero-order valence-electron chi connectivity index (χ0n) is 14.2. The molecule has 0 saturated carbocycles. The van der Waals surface area contributed by atoms with Crippen LogP contribution in [0.3, 0.4) is 0 Å². The Balaban J connectivity index is 1.83. The van der Waals surface area contributed by atoms with Crippen LogP contribution < -0.4 is 4.74 Å². The van der Waals surface area contributed by atoms with E-state index in [4.69, 9.17) is 39.5 Å². The van der Waals surface area contributed by atoms with Crippen molar-refractivity contribution in [3.63, 3.8) is 0 Å². The first-order chi connectivity index (χ1) is 12.9. The minimum Gasteiger partial charge on any atom is -0.423 e. The molecule has 27 heavy (non-hydrogen) atoms. The molecule has 136 valence electrons. The van der Waals surface area contributed by atoms with E-state index in [1.807, 2.05) is 13.0 Å². The van der Waals surface area contributed by atoms with Crippen LogP contribution in [-0.4, -0.2) is 12.2 Å². The lowest BCUT2D eigenvalue weighted by molar-refractivity contribution is 0.0734. The smallest absolute Gasteiger partial charge is 0.343 e. The van der Waals surface area contributed by atoms with Crippen molar-refractivity contribution in [2.75, 3.05) is 0 Å². The molecule has 3 rings (SSSR count). The summed E-state index contributed by atoms with van der Waals surface area (Å²) in [6.45, 7) is 1.91. The molecule has 3 nitrogen and oxygen atoms in total. The van der Waals surface area contributed by atoms with Crippen molar-refractivity contribution < 1.29 is 9.53 Å². The van der Waals surface area contributed by atoms with E-state index in [1.165, 1.54) is 0 Å². The topological polar surface area (TPSA) is 38.7 Å². The second kappa shape index (κ2) is 8.57. The number of esters is 1. The van der Waals surface area contributed by atoms with Crippen molar-refractivity contribution in [3.05, 3.63) is 92.4 Å². The van der Waals surface area contributed by atoms with E-state index in [2.05, 4.69) is 4.99 Å². The molecule has 0 radical (unpaired) electrons. The van der Waals surface area contributed by atoms with Gasteiger partial charge in [0.15, 0.2) is 0 Å². The average molecular weight is 419 g/mol. The third-order valence-corrected chi connectivity index (χ3v) is 4.67. The monoisotopic (exact) mass is 417 g/mol. The molecule has 0 fully saturated rings. The summed E-state index contributed by atoms with van der Waals surface area (Å²) in [5.41, 5.74) is 2.63. The van der Waals surface area contributed by atoms with E-state index in [-0.39, 0.29) is 0 Å². The van der Waals surface area contributed by atoms with E-state index in [0.29, 0.717) is 37.6 Å². The molecule has 0 bridgehead atoms. The second-order valence-corrected chi connectivity index (χ2v) is 7.03. The number of ether oxygens (including phenoxy) is 1. The van der Waals surface area contributed by atoms with Crippen LogP contribution in [0.4, 0.5) is 5.69 Å². The molecule has 0 spiro atoms. The maximum Gasteiger partial charge on any atom is 0.343 e. The molecule has 0 aliphatic heterocycles. The van der Waals surface area contributed by atoms with Crippen LogP contribution in [0, 0.1) is 6.92 Å². The van der Waals surface area contributed by atoms with Gasteiger partial charge < -0.3 is 4.74 Å². The van der Waals surface area contributed by atoms with Gasteiger partial charge in [-0.1, -0.05) is 58.6 Å². The summed E-state index contributed by atoms with van der Waals surface area (Å²) in [7, 11) is 0. The summed E-state index contributed by atoms with van der Waals surface area (Å²) in [5.74, 6) is -0.130. The lowest BCUT2D eigenvalue weighted by Crippen LogP contribution is -2.08. The summed E-state index contributed by atoms with van der Waals surface area (Å²) in [4.78, 5) is 16.6. The minimum atomic E-state index is -0.457. The normalized spacial score (nSPS) is 11.0. The fraction of sp³-hybridized carbons (Fsp3) is 0.0476. The number of hydrogen-bond acceptors (Lipinski definition) is 3. The molecule has 0 aromatic heterocycles. The Kier molecular flexibility index (Phi) is 6.17. The van der Waals surface area contributed by atoms with Crippen molar-refractivity contribution in [1.29, 1.82) is 0 Å². The average Bonchev–Trinajstić information content (AvgIpc) is 2.62. The predicted molar refractivity (Wildman–Crippen MR) is 111 cm³/mol. The van der Waals surface area contributed by atoms with Gasteiger partial charge in [-0.25, -0.2) is 4.79 Å². The highest BCUT2D eigenvalue weighted by atomic mass is 35.5. The van der Waals surface area contributed by atoms with Crippen LogP contribution in [-0.2, 0) is 0 Å². The number of hydrogen-bond donors (Lipinski definition) is 0. The van der Waals surface area contributed by atoms with Crippen LogP contribution in [0.1, 0.15) is 21.5 Å². The third-order valence-electron chi connectivity index (χ3n) is 3.64. The maximum absolute atomic E-state index is 12.3. The Hall–Kier alpha value is -2.33. The van der Waals surface area contributed by atoms with Crippen LogP contribution in [0.25, 0.3) is 0 Å². The summed E-state index contributed by atoms with van der Waals surface area (Å²) < 4.78 is 5.44. The SMILES string of the molecule is Cc1cccc(C(=O)Oc2cc(Cl)cc(C=Nc3cccc(Cl)c3Cl)c2)c1. The number of carbonyl (C=O) groups excluding carboxylic acids is 1. The third kappa shape index (κ3) is 5.10. The van der Waals surface area contributed by atoms with E-state index >= 15 is 0 Å². The molecule has 0 aliphatic carbocycles. The van der Waals surface area contributed by atoms with Crippen molar-refractivity contribution >= 4 is 52.7 Å². The number of aliphatic imine (C=N–C) groups is 1. The molecule has 0 heterocycles. The quantitative estimate of drug-likeness (QED) is 0.262. The van der Waals surface area contributed by atoms with Gasteiger partial charge >= 0.3 is 5.97 Å². The highest BCUT2D eigenvalue weighted by Gasteiger charge is 2.10. The largest absolute Gasteiger partial charge is 0.423 e. The first kappa shape index (κ1) is 19.4. The zero-order chi connectivity index (χ0) is 19.4. The van der Waals surface area contributed by atoms with Crippen molar-refractivity contribution in [1.82, 2.24) is 0 Å². The first-order valence-corrected chi connectivity index (χ1v) is 9.13. The van der Waals surface area contributed by atoms with Gasteiger partial charge in [0, 0.05) is 11.2 Å². The van der Waals surface area contributed by atoms with E-state index in [1.54, 1.807) is 60.8 Å². The van der Waals surface area contributed by atoms with Crippen LogP contribution in [0.15, 0.2) is 65.7 Å². The van der Waals surface area contributed by atoms with Crippen molar-refractivity contribution in [2.24, 2.45) is 4.99 Å². The van der Waals surface area contributed by atoms with Gasteiger partial charge in [0.05, 0.1) is 21.3 Å². The zero-order valence-corrected chi connectivity index (χ0v) is 16.5. The predicted octanol–water partition coefficient (Wildman–Crippen LogP) is 6.93. The summed E-state index contributed by atoms with van der Waals surface area (Å²) >= 11 is 18.3. The van der Waals surface area contributed by atoms with Crippen molar-refractivity contribution in [3.8, 4) is 5.75 Å².